The Bertz CT molecular complexity index is 79.7. The van der Waals surface area contributed by atoms with E-state index >= 15 is 0 Å². The fourth-order valence-corrected chi connectivity index (χ4v) is 0.985. The van der Waals surface area contributed by atoms with Crippen molar-refractivity contribution in [3.05, 3.63) is 0 Å². The summed E-state index contributed by atoms with van der Waals surface area (Å²) >= 11 is 0. The molecule has 3 heteroatoms. The first-order valence-electron chi connectivity index (χ1n) is 3.87. The number of hydrogen-bond donors (Lipinski definition) is 1. The predicted octanol–water partition coefficient (Wildman–Crippen LogP) is 0.488. The van der Waals surface area contributed by atoms with Crippen LogP contribution in [0, 0.1) is 0 Å². The monoisotopic (exact) mass is 145 g/mol. The zero-order valence-electron chi connectivity index (χ0n) is 6.21. The van der Waals surface area contributed by atoms with Crippen LogP contribution in [0.3, 0.4) is 0 Å². The Morgan fingerprint density at radius 1 is 1.20 bits per heavy atom. The van der Waals surface area contributed by atoms with Crippen molar-refractivity contribution in [3.8, 4) is 0 Å². The molecule has 3 nitrogen and oxygen atoms in total. The molecule has 1 saturated heterocycles. The van der Waals surface area contributed by atoms with E-state index in [9.17, 15) is 0 Å². The average molecular weight is 145 g/mol. The Morgan fingerprint density at radius 3 is 2.30 bits per heavy atom. The zero-order valence-corrected chi connectivity index (χ0v) is 6.21. The summed E-state index contributed by atoms with van der Waals surface area (Å²) in [6.45, 7) is 2.29. The number of rotatable bonds is 2. The second kappa shape index (κ2) is 4.66. The normalized spacial score (nSPS) is 22.5. The SMILES string of the molecule is NCCC1OCCCCO1. The summed E-state index contributed by atoms with van der Waals surface area (Å²) in [6, 6.07) is 0. The summed E-state index contributed by atoms with van der Waals surface area (Å²) in [6.07, 6.45) is 3.01. The molecule has 1 aliphatic rings. The summed E-state index contributed by atoms with van der Waals surface area (Å²) in [7, 11) is 0. The number of hydrogen-bond acceptors (Lipinski definition) is 3. The lowest BCUT2D eigenvalue weighted by Gasteiger charge is -2.13. The Balaban J connectivity index is 2.15. The maximum atomic E-state index is 5.35. The highest BCUT2D eigenvalue weighted by atomic mass is 16.7. The highest BCUT2D eigenvalue weighted by Crippen LogP contribution is 2.07. The van der Waals surface area contributed by atoms with Crippen LogP contribution in [0.1, 0.15) is 19.3 Å². The van der Waals surface area contributed by atoms with E-state index in [0.29, 0.717) is 6.54 Å². The molecule has 0 saturated carbocycles. The van der Waals surface area contributed by atoms with Gasteiger partial charge in [-0.25, -0.2) is 0 Å². The average Bonchev–Trinajstić information content (AvgIpc) is 2.17. The van der Waals surface area contributed by atoms with Crippen molar-refractivity contribution in [1.29, 1.82) is 0 Å². The molecule has 0 bridgehead atoms. The van der Waals surface area contributed by atoms with Crippen LogP contribution in [0.4, 0.5) is 0 Å². The highest BCUT2D eigenvalue weighted by Gasteiger charge is 2.10. The molecule has 60 valence electrons. The van der Waals surface area contributed by atoms with Gasteiger partial charge in [0.05, 0.1) is 0 Å². The van der Waals surface area contributed by atoms with Gasteiger partial charge in [-0.05, 0) is 19.4 Å². The Labute approximate surface area is 61.5 Å². The first-order valence-corrected chi connectivity index (χ1v) is 3.87. The lowest BCUT2D eigenvalue weighted by Crippen LogP contribution is -2.19. The van der Waals surface area contributed by atoms with E-state index in [1.807, 2.05) is 0 Å². The lowest BCUT2D eigenvalue weighted by molar-refractivity contribution is -0.127. The van der Waals surface area contributed by atoms with Gasteiger partial charge in [-0.2, -0.15) is 0 Å². The molecule has 0 atom stereocenters. The van der Waals surface area contributed by atoms with Crippen LogP contribution in [0.25, 0.3) is 0 Å². The van der Waals surface area contributed by atoms with E-state index in [-0.39, 0.29) is 6.29 Å². The molecule has 0 aromatic carbocycles. The first-order chi connectivity index (χ1) is 4.93. The molecule has 1 heterocycles. The quantitative estimate of drug-likeness (QED) is 0.615. The van der Waals surface area contributed by atoms with Gasteiger partial charge in [0.1, 0.15) is 0 Å². The van der Waals surface area contributed by atoms with E-state index in [2.05, 4.69) is 0 Å². The molecule has 1 fully saturated rings. The topological polar surface area (TPSA) is 44.5 Å². The summed E-state index contributed by atoms with van der Waals surface area (Å²) < 4.78 is 10.7. The van der Waals surface area contributed by atoms with E-state index < -0.39 is 0 Å². The third-order valence-electron chi connectivity index (χ3n) is 1.55. The summed E-state index contributed by atoms with van der Waals surface area (Å²) in [4.78, 5) is 0. The van der Waals surface area contributed by atoms with Gasteiger partial charge < -0.3 is 15.2 Å². The van der Waals surface area contributed by atoms with Gasteiger partial charge in [-0.15, -0.1) is 0 Å². The smallest absolute Gasteiger partial charge is 0.158 e. The van der Waals surface area contributed by atoms with Gasteiger partial charge in [0.15, 0.2) is 6.29 Å². The molecule has 1 rings (SSSR count). The first kappa shape index (κ1) is 7.98. The second-order valence-electron chi connectivity index (χ2n) is 2.46. The van der Waals surface area contributed by atoms with Crippen molar-refractivity contribution in [1.82, 2.24) is 0 Å². The molecule has 2 N–H and O–H groups in total. The van der Waals surface area contributed by atoms with Crippen LogP contribution in [0.15, 0.2) is 0 Å². The number of ether oxygens (including phenoxy) is 2. The van der Waals surface area contributed by atoms with Crippen molar-refractivity contribution >= 4 is 0 Å². The van der Waals surface area contributed by atoms with Crippen molar-refractivity contribution in [2.24, 2.45) is 5.73 Å². The van der Waals surface area contributed by atoms with Crippen molar-refractivity contribution in [2.75, 3.05) is 19.8 Å². The molecule has 1 aliphatic heterocycles. The van der Waals surface area contributed by atoms with Gasteiger partial charge in [-0.1, -0.05) is 0 Å². The second-order valence-corrected chi connectivity index (χ2v) is 2.46. The van der Waals surface area contributed by atoms with Crippen molar-refractivity contribution in [2.45, 2.75) is 25.6 Å². The van der Waals surface area contributed by atoms with Crippen molar-refractivity contribution < 1.29 is 9.47 Å². The Hall–Kier alpha value is -0.120. The third kappa shape index (κ3) is 2.64. The van der Waals surface area contributed by atoms with E-state index in [4.69, 9.17) is 15.2 Å². The molecule has 0 radical (unpaired) electrons. The summed E-state index contributed by atoms with van der Waals surface area (Å²) in [5.74, 6) is 0. The molecular formula is C7H15NO2. The van der Waals surface area contributed by atoms with Crippen molar-refractivity contribution in [3.63, 3.8) is 0 Å². The van der Waals surface area contributed by atoms with Gasteiger partial charge in [-0.3, -0.25) is 0 Å². The lowest BCUT2D eigenvalue weighted by atomic mass is 10.3. The van der Waals surface area contributed by atoms with E-state index in [0.717, 1.165) is 32.5 Å². The van der Waals surface area contributed by atoms with E-state index in [1.165, 1.54) is 0 Å². The molecular weight excluding hydrogens is 130 g/mol. The number of nitrogens with two attached hydrogens (primary N) is 1. The minimum Gasteiger partial charge on any atom is -0.353 e. The summed E-state index contributed by atoms with van der Waals surface area (Å²) in [5, 5.41) is 0. The third-order valence-corrected chi connectivity index (χ3v) is 1.55. The maximum Gasteiger partial charge on any atom is 0.158 e. The van der Waals surface area contributed by atoms with Gasteiger partial charge in [0.25, 0.3) is 0 Å². The van der Waals surface area contributed by atoms with Crippen LogP contribution in [-0.4, -0.2) is 26.0 Å². The maximum absolute atomic E-state index is 5.35. The predicted molar refractivity (Wildman–Crippen MR) is 38.6 cm³/mol. The minimum atomic E-state index is -0.0347. The Morgan fingerprint density at radius 2 is 1.80 bits per heavy atom. The van der Waals surface area contributed by atoms with Crippen LogP contribution < -0.4 is 5.73 Å². The largest absolute Gasteiger partial charge is 0.353 e. The van der Waals surface area contributed by atoms with Crippen LogP contribution >= 0.6 is 0 Å². The van der Waals surface area contributed by atoms with Gasteiger partial charge in [0.2, 0.25) is 0 Å². The molecule has 0 spiro atoms. The fraction of sp³-hybridized carbons (Fsp3) is 1.00. The molecule has 10 heavy (non-hydrogen) atoms. The highest BCUT2D eigenvalue weighted by molar-refractivity contribution is 4.51. The van der Waals surface area contributed by atoms with Crippen LogP contribution in [0.5, 0.6) is 0 Å². The summed E-state index contributed by atoms with van der Waals surface area (Å²) in [5.41, 5.74) is 5.35. The van der Waals surface area contributed by atoms with Crippen LogP contribution in [0.2, 0.25) is 0 Å². The van der Waals surface area contributed by atoms with E-state index in [1.54, 1.807) is 0 Å². The molecule has 0 amide bonds. The molecule has 0 aliphatic carbocycles. The van der Waals surface area contributed by atoms with Crippen LogP contribution in [-0.2, 0) is 9.47 Å². The minimum absolute atomic E-state index is 0.0347. The van der Waals surface area contributed by atoms with Gasteiger partial charge in [0, 0.05) is 19.6 Å². The Kier molecular flexibility index (Phi) is 3.72. The fourth-order valence-electron chi connectivity index (χ4n) is 0.985. The standard InChI is InChI=1S/C7H15NO2/c8-4-3-7-9-5-1-2-6-10-7/h7H,1-6,8H2. The zero-order chi connectivity index (χ0) is 7.23. The molecule has 0 aromatic heterocycles. The molecule has 0 unspecified atom stereocenters. The van der Waals surface area contributed by atoms with Gasteiger partial charge >= 0.3 is 0 Å². The molecule has 0 aromatic rings.